The third-order valence-electron chi connectivity index (χ3n) is 4.16. The number of likely N-dealkylation sites (tertiary alicyclic amines) is 1. The number of carboxylic acid groups (broad SMARTS) is 1. The number of hydrogen-bond donors (Lipinski definition) is 2. The standard InChI is InChI=1S/C15H19NO4/c1-3-15(14(19)20)6-7-16(9-15)13(18)11-5-4-10(2)8-12(11)17/h4-5,8,17H,3,6-7,9H2,1-2H3,(H,19,20). The summed E-state index contributed by atoms with van der Waals surface area (Å²) in [4.78, 5) is 25.3. The number of phenols is 1. The van der Waals surface area contributed by atoms with Crippen LogP contribution in [0.5, 0.6) is 5.75 Å². The summed E-state index contributed by atoms with van der Waals surface area (Å²) in [6.45, 7) is 4.26. The van der Waals surface area contributed by atoms with Gasteiger partial charge in [-0.3, -0.25) is 9.59 Å². The minimum absolute atomic E-state index is 0.0562. The summed E-state index contributed by atoms with van der Waals surface area (Å²) in [5.74, 6) is -1.22. The Bertz CT molecular complexity index is 555. The van der Waals surface area contributed by atoms with Crippen molar-refractivity contribution in [1.29, 1.82) is 0 Å². The number of carbonyl (C=O) groups excluding carboxylic acids is 1. The van der Waals surface area contributed by atoms with Crippen LogP contribution in [0.15, 0.2) is 18.2 Å². The molecule has 0 radical (unpaired) electrons. The van der Waals surface area contributed by atoms with Crippen LogP contribution in [0.3, 0.4) is 0 Å². The average molecular weight is 277 g/mol. The van der Waals surface area contributed by atoms with Crippen molar-refractivity contribution in [2.24, 2.45) is 5.41 Å². The average Bonchev–Trinajstić information content (AvgIpc) is 2.83. The Morgan fingerprint density at radius 2 is 2.10 bits per heavy atom. The van der Waals surface area contributed by atoms with Crippen molar-refractivity contribution in [3.05, 3.63) is 29.3 Å². The summed E-state index contributed by atoms with van der Waals surface area (Å²) in [5, 5.41) is 19.2. The minimum atomic E-state index is -0.858. The molecule has 108 valence electrons. The summed E-state index contributed by atoms with van der Waals surface area (Å²) >= 11 is 0. The van der Waals surface area contributed by atoms with E-state index in [1.165, 1.54) is 11.0 Å². The lowest BCUT2D eigenvalue weighted by Crippen LogP contribution is -2.36. The second-order valence-electron chi connectivity index (χ2n) is 5.44. The Morgan fingerprint density at radius 3 is 2.60 bits per heavy atom. The van der Waals surface area contributed by atoms with E-state index in [0.717, 1.165) is 5.56 Å². The number of carbonyl (C=O) groups is 2. The number of hydrogen-bond acceptors (Lipinski definition) is 3. The summed E-state index contributed by atoms with van der Waals surface area (Å²) < 4.78 is 0. The highest BCUT2D eigenvalue weighted by molar-refractivity contribution is 5.97. The van der Waals surface area contributed by atoms with Crippen molar-refractivity contribution in [3.63, 3.8) is 0 Å². The molecule has 1 aliphatic heterocycles. The lowest BCUT2D eigenvalue weighted by molar-refractivity contribution is -0.148. The normalized spacial score (nSPS) is 22.0. The number of benzene rings is 1. The fourth-order valence-corrected chi connectivity index (χ4v) is 2.65. The van der Waals surface area contributed by atoms with E-state index < -0.39 is 11.4 Å². The molecule has 0 spiro atoms. The van der Waals surface area contributed by atoms with E-state index in [1.54, 1.807) is 12.1 Å². The first-order chi connectivity index (χ1) is 9.39. The third-order valence-corrected chi connectivity index (χ3v) is 4.16. The summed E-state index contributed by atoms with van der Waals surface area (Å²) in [7, 11) is 0. The molecule has 2 rings (SSSR count). The van der Waals surface area contributed by atoms with Crippen LogP contribution >= 0.6 is 0 Å². The summed E-state index contributed by atoms with van der Waals surface area (Å²) in [5.41, 5.74) is 0.248. The van der Waals surface area contributed by atoms with Crippen LogP contribution in [0.1, 0.15) is 35.7 Å². The van der Waals surface area contributed by atoms with Gasteiger partial charge in [0.15, 0.2) is 0 Å². The van der Waals surface area contributed by atoms with Crippen LogP contribution < -0.4 is 0 Å². The predicted molar refractivity (Wildman–Crippen MR) is 73.7 cm³/mol. The van der Waals surface area contributed by atoms with Gasteiger partial charge in [0, 0.05) is 13.1 Å². The number of carboxylic acids is 1. The Labute approximate surface area is 117 Å². The molecule has 0 bridgehead atoms. The van der Waals surface area contributed by atoms with Gasteiger partial charge in [0.1, 0.15) is 5.75 Å². The maximum atomic E-state index is 12.4. The van der Waals surface area contributed by atoms with Gasteiger partial charge in [-0.25, -0.2) is 0 Å². The van der Waals surface area contributed by atoms with Gasteiger partial charge >= 0.3 is 5.97 Å². The van der Waals surface area contributed by atoms with Crippen molar-refractivity contribution in [3.8, 4) is 5.75 Å². The topological polar surface area (TPSA) is 77.8 Å². The molecule has 0 saturated carbocycles. The van der Waals surface area contributed by atoms with E-state index in [4.69, 9.17) is 0 Å². The zero-order valence-corrected chi connectivity index (χ0v) is 11.7. The zero-order valence-electron chi connectivity index (χ0n) is 11.7. The van der Waals surface area contributed by atoms with Crippen LogP contribution in [0.25, 0.3) is 0 Å². The van der Waals surface area contributed by atoms with Gasteiger partial charge in [0.25, 0.3) is 5.91 Å². The molecule has 5 nitrogen and oxygen atoms in total. The van der Waals surface area contributed by atoms with Crippen molar-refractivity contribution < 1.29 is 19.8 Å². The molecule has 1 unspecified atom stereocenters. The molecule has 1 fully saturated rings. The van der Waals surface area contributed by atoms with E-state index in [-0.39, 0.29) is 23.8 Å². The molecule has 20 heavy (non-hydrogen) atoms. The van der Waals surface area contributed by atoms with Crippen molar-refractivity contribution in [2.75, 3.05) is 13.1 Å². The molecule has 1 aromatic carbocycles. The summed E-state index contributed by atoms with van der Waals surface area (Å²) in [6.07, 6.45) is 0.948. The molecule has 1 amide bonds. The van der Waals surface area contributed by atoms with Crippen molar-refractivity contribution in [1.82, 2.24) is 4.90 Å². The number of aromatic hydroxyl groups is 1. The third kappa shape index (κ3) is 2.35. The Hall–Kier alpha value is -2.04. The van der Waals surface area contributed by atoms with Crippen LogP contribution in [-0.2, 0) is 4.79 Å². The van der Waals surface area contributed by atoms with E-state index in [2.05, 4.69) is 0 Å². The Balaban J connectivity index is 2.21. The molecule has 5 heteroatoms. The van der Waals surface area contributed by atoms with Gasteiger partial charge in [0.2, 0.25) is 0 Å². The van der Waals surface area contributed by atoms with E-state index in [0.29, 0.717) is 19.4 Å². The Morgan fingerprint density at radius 1 is 1.40 bits per heavy atom. The van der Waals surface area contributed by atoms with Gasteiger partial charge in [0.05, 0.1) is 11.0 Å². The molecule has 2 N–H and O–H groups in total. The first-order valence-corrected chi connectivity index (χ1v) is 6.72. The highest BCUT2D eigenvalue weighted by Gasteiger charge is 2.45. The van der Waals surface area contributed by atoms with E-state index in [9.17, 15) is 19.8 Å². The van der Waals surface area contributed by atoms with Gasteiger partial charge in [-0.15, -0.1) is 0 Å². The number of nitrogens with zero attached hydrogens (tertiary/aromatic N) is 1. The smallest absolute Gasteiger partial charge is 0.311 e. The molecule has 1 aromatic rings. The molecule has 1 atom stereocenters. The van der Waals surface area contributed by atoms with E-state index >= 15 is 0 Å². The van der Waals surface area contributed by atoms with Crippen LogP contribution in [0, 0.1) is 12.3 Å². The number of amides is 1. The maximum Gasteiger partial charge on any atom is 0.311 e. The fraction of sp³-hybridized carbons (Fsp3) is 0.467. The monoisotopic (exact) mass is 277 g/mol. The predicted octanol–water partition coefficient (Wildman–Crippen LogP) is 2.03. The van der Waals surface area contributed by atoms with Crippen molar-refractivity contribution >= 4 is 11.9 Å². The van der Waals surface area contributed by atoms with Crippen molar-refractivity contribution in [2.45, 2.75) is 26.7 Å². The quantitative estimate of drug-likeness (QED) is 0.886. The second kappa shape index (κ2) is 5.15. The molecular weight excluding hydrogens is 258 g/mol. The van der Waals surface area contributed by atoms with Gasteiger partial charge in [-0.2, -0.15) is 0 Å². The number of aliphatic carboxylic acids is 1. The minimum Gasteiger partial charge on any atom is -0.507 e. The van der Waals surface area contributed by atoms with Crippen LogP contribution in [0.4, 0.5) is 0 Å². The van der Waals surface area contributed by atoms with Crippen LogP contribution in [-0.4, -0.2) is 40.1 Å². The lowest BCUT2D eigenvalue weighted by atomic mass is 9.84. The molecule has 1 heterocycles. The molecule has 1 aliphatic rings. The largest absolute Gasteiger partial charge is 0.507 e. The number of rotatable bonds is 3. The SMILES string of the molecule is CCC1(C(=O)O)CCN(C(=O)c2ccc(C)cc2O)C1. The van der Waals surface area contributed by atoms with Gasteiger partial charge < -0.3 is 15.1 Å². The Kier molecular flexibility index (Phi) is 3.70. The number of phenolic OH excluding ortho intramolecular Hbond substituents is 1. The van der Waals surface area contributed by atoms with Gasteiger partial charge in [-0.05, 0) is 37.5 Å². The summed E-state index contributed by atoms with van der Waals surface area (Å²) in [6, 6.07) is 4.88. The number of aryl methyl sites for hydroxylation is 1. The highest BCUT2D eigenvalue weighted by atomic mass is 16.4. The maximum absolute atomic E-state index is 12.4. The highest BCUT2D eigenvalue weighted by Crippen LogP contribution is 2.35. The van der Waals surface area contributed by atoms with Crippen LogP contribution in [0.2, 0.25) is 0 Å². The first-order valence-electron chi connectivity index (χ1n) is 6.72. The molecule has 0 aromatic heterocycles. The van der Waals surface area contributed by atoms with E-state index in [1.807, 2.05) is 13.8 Å². The molecule has 1 saturated heterocycles. The molecular formula is C15H19NO4. The zero-order chi connectivity index (χ0) is 14.9. The lowest BCUT2D eigenvalue weighted by Gasteiger charge is -2.23. The second-order valence-corrected chi connectivity index (χ2v) is 5.44. The first kappa shape index (κ1) is 14.4. The fourth-order valence-electron chi connectivity index (χ4n) is 2.65. The van der Waals surface area contributed by atoms with Gasteiger partial charge in [-0.1, -0.05) is 13.0 Å². The molecule has 0 aliphatic carbocycles.